The van der Waals surface area contributed by atoms with Crippen molar-refractivity contribution in [2.75, 3.05) is 11.6 Å². The molecule has 3 rings (SSSR count). The normalized spacial score (nSPS) is 13.2. The monoisotopic (exact) mass is 449 g/mol. The summed E-state index contributed by atoms with van der Waals surface area (Å²) in [6.07, 6.45) is 7.15. The number of Topliss-reactive ketones (excluding diaryl/α,β-unsaturated/α-hetero) is 1. The number of ketones is 1. The van der Waals surface area contributed by atoms with Crippen LogP contribution in [0.5, 0.6) is 0 Å². The topological polar surface area (TPSA) is 46.9 Å². The van der Waals surface area contributed by atoms with Crippen molar-refractivity contribution in [3.05, 3.63) is 82.3 Å². The van der Waals surface area contributed by atoms with Gasteiger partial charge >= 0.3 is 0 Å². The Bertz CT molecular complexity index is 854. The molecule has 0 fully saturated rings. The van der Waals surface area contributed by atoms with Crippen molar-refractivity contribution in [1.29, 1.82) is 0 Å². The Morgan fingerprint density at radius 3 is 2.46 bits per heavy atom. The zero-order valence-electron chi connectivity index (χ0n) is 14.0. The fourth-order valence-electron chi connectivity index (χ4n) is 2.63. The lowest BCUT2D eigenvalue weighted by Gasteiger charge is -2.27. The molecule has 134 valence electrons. The fourth-order valence-corrected chi connectivity index (χ4v) is 3.79. The first-order valence-corrected chi connectivity index (χ1v) is 10.4. The smallest absolute Gasteiger partial charge is 0.188 e. The minimum Gasteiger partial charge on any atom is -0.371 e. The molecule has 1 N–H and O–H groups in total. The van der Waals surface area contributed by atoms with E-state index >= 15 is 0 Å². The van der Waals surface area contributed by atoms with Crippen molar-refractivity contribution >= 4 is 50.8 Å². The van der Waals surface area contributed by atoms with Crippen LogP contribution < -0.4 is 5.32 Å². The zero-order valence-corrected chi connectivity index (χ0v) is 17.1. The summed E-state index contributed by atoms with van der Waals surface area (Å²) in [5.74, 6) is 0.0244. The van der Waals surface area contributed by atoms with Crippen LogP contribution in [0.2, 0.25) is 5.02 Å². The molecule has 7 heteroatoms. The SMILES string of the molecule is CS[C@H](Nc1ccc(Cl)cc1)[C@@H](C(=O)c1ccc(Br)cc1)n1ccnc1. The number of aromatic nitrogens is 2. The zero-order chi connectivity index (χ0) is 18.5. The van der Waals surface area contributed by atoms with E-state index in [1.54, 1.807) is 24.3 Å². The lowest BCUT2D eigenvalue weighted by molar-refractivity contribution is 0.0926. The van der Waals surface area contributed by atoms with Crippen LogP contribution >= 0.6 is 39.3 Å². The first-order chi connectivity index (χ1) is 12.6. The van der Waals surface area contributed by atoms with Gasteiger partial charge in [-0.3, -0.25) is 4.79 Å². The van der Waals surface area contributed by atoms with E-state index in [0.717, 1.165) is 10.2 Å². The molecule has 2 aromatic carbocycles. The summed E-state index contributed by atoms with van der Waals surface area (Å²) in [6, 6.07) is 14.4. The number of anilines is 1. The van der Waals surface area contributed by atoms with Gasteiger partial charge in [-0.1, -0.05) is 39.7 Å². The Balaban J connectivity index is 1.92. The van der Waals surface area contributed by atoms with Gasteiger partial charge in [0.2, 0.25) is 0 Å². The summed E-state index contributed by atoms with van der Waals surface area (Å²) in [5.41, 5.74) is 1.56. The van der Waals surface area contributed by atoms with Crippen LogP contribution in [0.1, 0.15) is 16.4 Å². The van der Waals surface area contributed by atoms with Gasteiger partial charge < -0.3 is 9.88 Å². The number of rotatable bonds is 7. The van der Waals surface area contributed by atoms with Gasteiger partial charge in [0.25, 0.3) is 0 Å². The minimum absolute atomic E-state index is 0.0244. The molecule has 1 heterocycles. The highest BCUT2D eigenvalue weighted by Crippen LogP contribution is 2.28. The molecule has 0 saturated carbocycles. The van der Waals surface area contributed by atoms with E-state index in [1.807, 2.05) is 65.6 Å². The van der Waals surface area contributed by atoms with E-state index in [4.69, 9.17) is 11.6 Å². The number of halogens is 2. The number of hydrogen-bond acceptors (Lipinski definition) is 4. The van der Waals surface area contributed by atoms with Crippen LogP contribution in [0.3, 0.4) is 0 Å². The summed E-state index contributed by atoms with van der Waals surface area (Å²) in [5, 5.41) is 3.93. The molecule has 1 aromatic heterocycles. The predicted octanol–water partition coefficient (Wildman–Crippen LogP) is 5.52. The Labute approximate surface area is 170 Å². The van der Waals surface area contributed by atoms with Crippen molar-refractivity contribution in [3.8, 4) is 0 Å². The minimum atomic E-state index is -0.440. The molecule has 0 aliphatic heterocycles. The second kappa shape index (κ2) is 8.75. The summed E-state index contributed by atoms with van der Waals surface area (Å²) in [7, 11) is 0. The van der Waals surface area contributed by atoms with Crippen LogP contribution in [0.25, 0.3) is 0 Å². The second-order valence-corrected chi connectivity index (χ2v) is 7.96. The van der Waals surface area contributed by atoms with Gasteiger partial charge in [-0.05, 0) is 42.7 Å². The first kappa shape index (κ1) is 19.0. The molecule has 0 aliphatic carbocycles. The van der Waals surface area contributed by atoms with Gasteiger partial charge in [-0.25, -0.2) is 4.98 Å². The number of carbonyl (C=O) groups excluding carboxylic acids is 1. The van der Waals surface area contributed by atoms with Crippen molar-refractivity contribution in [3.63, 3.8) is 0 Å². The maximum Gasteiger partial charge on any atom is 0.188 e. The van der Waals surface area contributed by atoms with E-state index < -0.39 is 6.04 Å². The summed E-state index contributed by atoms with van der Waals surface area (Å²) in [6.45, 7) is 0. The van der Waals surface area contributed by atoms with Crippen molar-refractivity contribution in [1.82, 2.24) is 9.55 Å². The average molecular weight is 451 g/mol. The van der Waals surface area contributed by atoms with E-state index in [2.05, 4.69) is 26.2 Å². The Kier molecular flexibility index (Phi) is 6.40. The van der Waals surface area contributed by atoms with E-state index in [9.17, 15) is 4.79 Å². The molecule has 4 nitrogen and oxygen atoms in total. The lowest BCUT2D eigenvalue weighted by atomic mass is 10.0. The van der Waals surface area contributed by atoms with Crippen LogP contribution in [0.4, 0.5) is 5.69 Å². The standard InChI is InChI=1S/C19H17BrClN3OS/c1-26-19(23-16-8-6-15(21)7-9-16)17(24-11-10-22-12-24)18(25)13-2-4-14(20)5-3-13/h2-12,17,19,23H,1H3/t17-,19+/m1/s1. The summed E-state index contributed by atoms with van der Waals surface area (Å²) < 4.78 is 2.78. The van der Waals surface area contributed by atoms with Crippen LogP contribution in [0.15, 0.2) is 71.7 Å². The predicted molar refractivity (Wildman–Crippen MR) is 112 cm³/mol. The molecular formula is C19H17BrClN3OS. The Morgan fingerprint density at radius 2 is 1.88 bits per heavy atom. The number of benzene rings is 2. The molecule has 0 unspecified atom stereocenters. The van der Waals surface area contributed by atoms with Crippen LogP contribution in [0, 0.1) is 0 Å². The molecular weight excluding hydrogens is 434 g/mol. The number of carbonyl (C=O) groups is 1. The third-order valence-electron chi connectivity index (χ3n) is 3.94. The van der Waals surface area contributed by atoms with Gasteiger partial charge in [0.15, 0.2) is 5.78 Å². The Morgan fingerprint density at radius 1 is 1.19 bits per heavy atom. The maximum absolute atomic E-state index is 13.3. The van der Waals surface area contributed by atoms with Crippen molar-refractivity contribution in [2.45, 2.75) is 11.4 Å². The fraction of sp³-hybridized carbons (Fsp3) is 0.158. The number of hydrogen-bond donors (Lipinski definition) is 1. The average Bonchev–Trinajstić information content (AvgIpc) is 3.17. The van der Waals surface area contributed by atoms with Gasteiger partial charge in [0.05, 0.1) is 6.33 Å². The lowest BCUT2D eigenvalue weighted by Crippen LogP contribution is -2.34. The number of imidazole rings is 1. The van der Waals surface area contributed by atoms with Gasteiger partial charge in [-0.2, -0.15) is 0 Å². The molecule has 0 aliphatic rings. The van der Waals surface area contributed by atoms with Gasteiger partial charge in [-0.15, -0.1) is 11.8 Å². The highest BCUT2D eigenvalue weighted by molar-refractivity contribution is 9.10. The molecule has 0 spiro atoms. The number of thioether (sulfide) groups is 1. The van der Waals surface area contributed by atoms with E-state index in [1.165, 1.54) is 0 Å². The molecule has 0 bridgehead atoms. The molecule has 0 saturated heterocycles. The van der Waals surface area contributed by atoms with Gasteiger partial charge in [0.1, 0.15) is 11.4 Å². The van der Waals surface area contributed by atoms with Crippen molar-refractivity contribution < 1.29 is 4.79 Å². The number of nitrogens with one attached hydrogen (secondary N) is 1. The third kappa shape index (κ3) is 4.50. The molecule has 0 amide bonds. The number of nitrogens with zero attached hydrogens (tertiary/aromatic N) is 2. The maximum atomic E-state index is 13.3. The van der Waals surface area contributed by atoms with E-state index in [0.29, 0.717) is 10.6 Å². The summed E-state index contributed by atoms with van der Waals surface area (Å²) in [4.78, 5) is 17.4. The Hall–Kier alpha value is -1.76. The quantitative estimate of drug-likeness (QED) is 0.380. The van der Waals surface area contributed by atoms with Crippen LogP contribution in [-0.4, -0.2) is 27.0 Å². The van der Waals surface area contributed by atoms with Gasteiger partial charge in [0, 0.05) is 33.1 Å². The largest absolute Gasteiger partial charge is 0.371 e. The van der Waals surface area contributed by atoms with E-state index in [-0.39, 0.29) is 11.2 Å². The molecule has 26 heavy (non-hydrogen) atoms. The summed E-state index contributed by atoms with van der Waals surface area (Å²) >= 11 is 11.0. The highest BCUT2D eigenvalue weighted by Gasteiger charge is 2.30. The third-order valence-corrected chi connectivity index (χ3v) is 5.60. The van der Waals surface area contributed by atoms with Crippen LogP contribution in [-0.2, 0) is 0 Å². The molecule has 0 radical (unpaired) electrons. The molecule has 3 aromatic rings. The highest BCUT2D eigenvalue weighted by atomic mass is 79.9. The molecule has 2 atom stereocenters. The first-order valence-electron chi connectivity index (χ1n) is 7.90. The van der Waals surface area contributed by atoms with Crippen molar-refractivity contribution in [2.24, 2.45) is 0 Å². The second-order valence-electron chi connectivity index (χ2n) is 5.63.